The lowest BCUT2D eigenvalue weighted by Crippen LogP contribution is -2.15. The number of ether oxygens (including phenoxy) is 11. The summed E-state index contributed by atoms with van der Waals surface area (Å²) in [4.78, 5) is 2.64. The first-order valence-electron chi connectivity index (χ1n) is 13.4. The molecule has 0 heterocycles. The van der Waals surface area contributed by atoms with E-state index in [-0.39, 0.29) is 0 Å². The van der Waals surface area contributed by atoms with Gasteiger partial charge in [0.2, 0.25) is 0 Å². The zero-order valence-electron chi connectivity index (χ0n) is 23.3. The van der Waals surface area contributed by atoms with Crippen molar-refractivity contribution in [3.8, 4) is 0 Å². The molecule has 0 aromatic carbocycles. The van der Waals surface area contributed by atoms with Crippen LogP contribution in [0, 0.1) is 0 Å². The summed E-state index contributed by atoms with van der Waals surface area (Å²) in [6.07, 6.45) is 0. The van der Waals surface area contributed by atoms with Gasteiger partial charge in [0.15, 0.2) is 0 Å². The molecule has 0 rings (SSSR count). The zero-order valence-corrected chi connectivity index (χ0v) is 24.1. The number of hydrogen-bond donors (Lipinski definition) is 1. The monoisotopic (exact) mass is 587 g/mol. The molecule has 0 radical (unpaired) electrons. The van der Waals surface area contributed by atoms with Gasteiger partial charge in [-0.25, -0.2) is 0 Å². The molecule has 14 nitrogen and oxygen atoms in total. The molecule has 0 fully saturated rings. The van der Waals surface area contributed by atoms with E-state index in [9.17, 15) is 0 Å². The Morgan fingerprint density at radius 2 is 0.564 bits per heavy atom. The Kier molecular flexibility index (Phi) is 36.5. The molecular formula is C24H49N3O11S. The summed E-state index contributed by atoms with van der Waals surface area (Å²) in [5.41, 5.74) is 8.12. The van der Waals surface area contributed by atoms with E-state index in [1.165, 1.54) is 0 Å². The molecule has 15 heteroatoms. The van der Waals surface area contributed by atoms with Crippen molar-refractivity contribution < 1.29 is 52.1 Å². The summed E-state index contributed by atoms with van der Waals surface area (Å²) in [6.45, 7) is 11.6. The molecule has 39 heavy (non-hydrogen) atoms. The summed E-state index contributed by atoms with van der Waals surface area (Å²) in [6, 6.07) is 0. The van der Waals surface area contributed by atoms with Gasteiger partial charge < -0.3 is 52.1 Å². The molecular weight excluding hydrogens is 538 g/mol. The van der Waals surface area contributed by atoms with Crippen molar-refractivity contribution >= 4 is 12.6 Å². The molecule has 0 aliphatic rings. The molecule has 0 aliphatic heterocycles. The SMILES string of the molecule is [N-]=[N+]=NCCOCCOCCOCCOCCOCCOCCOCCOCCOCCOCCOCCS. The van der Waals surface area contributed by atoms with Crippen molar-refractivity contribution in [1.82, 2.24) is 0 Å². The molecule has 0 bridgehead atoms. The van der Waals surface area contributed by atoms with Gasteiger partial charge in [-0.2, -0.15) is 12.6 Å². The highest BCUT2D eigenvalue weighted by Crippen LogP contribution is 1.87. The predicted octanol–water partition coefficient (Wildman–Crippen LogP) is 1.41. The Hall–Kier alpha value is -0.780. The van der Waals surface area contributed by atoms with Crippen molar-refractivity contribution in [2.45, 2.75) is 0 Å². The van der Waals surface area contributed by atoms with Gasteiger partial charge in [0.1, 0.15) is 0 Å². The van der Waals surface area contributed by atoms with E-state index in [0.29, 0.717) is 152 Å². The third-order valence-electron chi connectivity index (χ3n) is 4.35. The van der Waals surface area contributed by atoms with E-state index >= 15 is 0 Å². The van der Waals surface area contributed by atoms with Crippen LogP contribution in [0.25, 0.3) is 10.4 Å². The van der Waals surface area contributed by atoms with Crippen LogP contribution in [0.4, 0.5) is 0 Å². The lowest BCUT2D eigenvalue weighted by molar-refractivity contribution is -0.0273. The van der Waals surface area contributed by atoms with E-state index in [0.717, 1.165) is 5.75 Å². The largest absolute Gasteiger partial charge is 0.379 e. The number of rotatable bonds is 35. The minimum atomic E-state index is 0.330. The highest BCUT2D eigenvalue weighted by atomic mass is 32.1. The second-order valence-electron chi connectivity index (χ2n) is 7.41. The fourth-order valence-corrected chi connectivity index (χ4v) is 2.64. The van der Waals surface area contributed by atoms with Gasteiger partial charge in [-0.15, -0.1) is 0 Å². The van der Waals surface area contributed by atoms with Crippen LogP contribution in [0.5, 0.6) is 0 Å². The molecule has 232 valence electrons. The van der Waals surface area contributed by atoms with Crippen molar-refractivity contribution in [3.63, 3.8) is 0 Å². The van der Waals surface area contributed by atoms with Crippen LogP contribution < -0.4 is 0 Å². The van der Waals surface area contributed by atoms with Gasteiger partial charge in [-0.05, 0) is 5.53 Å². The molecule has 0 atom stereocenters. The topological polar surface area (TPSA) is 150 Å². The van der Waals surface area contributed by atoms with E-state index in [2.05, 4.69) is 22.7 Å². The summed E-state index contributed by atoms with van der Waals surface area (Å²) in [7, 11) is 0. The Balaban J connectivity index is 3.02. The molecule has 0 saturated carbocycles. The standard InChI is InChI=1S/C24H49N3O11S/c25-27-26-1-2-28-3-4-29-5-6-30-7-8-31-9-10-32-11-12-33-13-14-34-15-16-35-17-18-36-19-20-37-21-22-38-23-24-39/h39H,1-24H2. The van der Waals surface area contributed by atoms with Gasteiger partial charge in [-0.3, -0.25) is 0 Å². The molecule has 0 saturated heterocycles. The van der Waals surface area contributed by atoms with Gasteiger partial charge in [-0.1, -0.05) is 5.11 Å². The van der Waals surface area contributed by atoms with Gasteiger partial charge >= 0.3 is 0 Å². The normalized spacial score (nSPS) is 11.2. The number of thiol groups is 1. The summed E-state index contributed by atoms with van der Waals surface area (Å²) < 4.78 is 59.2. The molecule has 0 aliphatic carbocycles. The average Bonchev–Trinajstić information content (AvgIpc) is 2.95. The summed E-state index contributed by atoms with van der Waals surface area (Å²) >= 11 is 4.06. The zero-order chi connectivity index (χ0) is 28.2. The van der Waals surface area contributed by atoms with Crippen molar-refractivity contribution in [1.29, 1.82) is 0 Å². The second kappa shape index (κ2) is 37.2. The highest BCUT2D eigenvalue weighted by molar-refractivity contribution is 7.80. The average molecular weight is 588 g/mol. The number of hydrogen-bond acceptors (Lipinski definition) is 13. The summed E-state index contributed by atoms with van der Waals surface area (Å²) in [5, 5.41) is 3.37. The Labute approximate surface area is 238 Å². The lowest BCUT2D eigenvalue weighted by atomic mass is 10.6. The number of nitrogens with zero attached hydrogens (tertiary/aromatic N) is 3. The van der Waals surface area contributed by atoms with Crippen molar-refractivity contribution in [2.24, 2.45) is 5.11 Å². The third kappa shape index (κ3) is 37.2. The van der Waals surface area contributed by atoms with E-state index in [1.807, 2.05) is 0 Å². The highest BCUT2D eigenvalue weighted by Gasteiger charge is 1.96. The van der Waals surface area contributed by atoms with Crippen LogP contribution in [0.3, 0.4) is 0 Å². The van der Waals surface area contributed by atoms with Crippen molar-refractivity contribution in [3.05, 3.63) is 10.4 Å². The lowest BCUT2D eigenvalue weighted by Gasteiger charge is -2.09. The minimum Gasteiger partial charge on any atom is -0.379 e. The van der Waals surface area contributed by atoms with E-state index in [1.54, 1.807) is 0 Å². The predicted molar refractivity (Wildman–Crippen MR) is 147 cm³/mol. The molecule has 0 N–H and O–H groups in total. The van der Waals surface area contributed by atoms with Crippen LogP contribution >= 0.6 is 12.6 Å². The fraction of sp³-hybridized carbons (Fsp3) is 1.00. The van der Waals surface area contributed by atoms with E-state index in [4.69, 9.17) is 57.6 Å². The van der Waals surface area contributed by atoms with Gasteiger partial charge in [0.05, 0.1) is 145 Å². The smallest absolute Gasteiger partial charge is 0.0701 e. The van der Waals surface area contributed by atoms with Gasteiger partial charge in [0.25, 0.3) is 0 Å². The maximum absolute atomic E-state index is 8.12. The number of azide groups is 1. The maximum Gasteiger partial charge on any atom is 0.0701 e. The Morgan fingerprint density at radius 3 is 0.769 bits per heavy atom. The molecule has 0 aromatic heterocycles. The van der Waals surface area contributed by atoms with Crippen molar-refractivity contribution in [2.75, 3.05) is 158 Å². The Morgan fingerprint density at radius 1 is 0.359 bits per heavy atom. The van der Waals surface area contributed by atoms with Crippen LogP contribution in [0.15, 0.2) is 5.11 Å². The quantitative estimate of drug-likeness (QED) is 0.0377. The molecule has 0 aromatic rings. The molecule has 0 amide bonds. The van der Waals surface area contributed by atoms with E-state index < -0.39 is 0 Å². The first-order valence-corrected chi connectivity index (χ1v) is 14.0. The van der Waals surface area contributed by atoms with Crippen LogP contribution in [0.2, 0.25) is 0 Å². The van der Waals surface area contributed by atoms with Crippen LogP contribution in [-0.4, -0.2) is 158 Å². The van der Waals surface area contributed by atoms with Crippen LogP contribution in [-0.2, 0) is 52.1 Å². The maximum atomic E-state index is 8.12. The molecule has 0 spiro atoms. The van der Waals surface area contributed by atoms with Crippen LogP contribution in [0.1, 0.15) is 0 Å². The molecule has 0 unspecified atom stereocenters. The van der Waals surface area contributed by atoms with Gasteiger partial charge in [0, 0.05) is 17.2 Å². The first kappa shape index (κ1) is 38.2. The third-order valence-corrected chi connectivity index (χ3v) is 4.54. The second-order valence-corrected chi connectivity index (χ2v) is 7.86. The minimum absolute atomic E-state index is 0.330. The fourth-order valence-electron chi connectivity index (χ4n) is 2.52. The first-order chi connectivity index (χ1) is 19.4. The Bertz CT molecular complexity index is 510. The summed E-state index contributed by atoms with van der Waals surface area (Å²) in [5.74, 6) is 0.718.